The van der Waals surface area contributed by atoms with Crippen molar-refractivity contribution in [3.63, 3.8) is 0 Å². The van der Waals surface area contributed by atoms with Gasteiger partial charge < -0.3 is 14.8 Å². The highest BCUT2D eigenvalue weighted by Crippen LogP contribution is 2.26. The topological polar surface area (TPSA) is 78.6 Å². The fourth-order valence-electron chi connectivity index (χ4n) is 3.39. The third kappa shape index (κ3) is 5.14. The molecule has 0 spiro atoms. The SMILES string of the molecule is O=C(CN1CCCCCC1CC(O)c1ccco1)Nc1ccncc1. The predicted molar refractivity (Wildman–Crippen MR) is 95.0 cm³/mol. The van der Waals surface area contributed by atoms with Gasteiger partial charge in [0, 0.05) is 24.1 Å². The van der Waals surface area contributed by atoms with E-state index in [-0.39, 0.29) is 11.9 Å². The van der Waals surface area contributed by atoms with E-state index in [2.05, 4.69) is 15.2 Å². The Morgan fingerprint density at radius 2 is 2.16 bits per heavy atom. The zero-order chi connectivity index (χ0) is 17.5. The number of anilines is 1. The Morgan fingerprint density at radius 1 is 1.32 bits per heavy atom. The van der Waals surface area contributed by atoms with E-state index in [0.29, 0.717) is 18.7 Å². The van der Waals surface area contributed by atoms with Gasteiger partial charge in [0.2, 0.25) is 5.91 Å². The summed E-state index contributed by atoms with van der Waals surface area (Å²) in [6.07, 6.45) is 9.18. The molecule has 3 heterocycles. The molecule has 2 aromatic rings. The second-order valence-corrected chi connectivity index (χ2v) is 6.52. The molecule has 1 fully saturated rings. The van der Waals surface area contributed by atoms with E-state index >= 15 is 0 Å². The van der Waals surface area contributed by atoms with Crippen LogP contribution in [0, 0.1) is 0 Å². The van der Waals surface area contributed by atoms with Gasteiger partial charge in [-0.3, -0.25) is 14.7 Å². The number of furan rings is 1. The lowest BCUT2D eigenvalue weighted by Gasteiger charge is -2.30. The minimum atomic E-state index is -0.635. The molecule has 3 rings (SSSR count). The molecular formula is C19H25N3O3. The fourth-order valence-corrected chi connectivity index (χ4v) is 3.39. The average molecular weight is 343 g/mol. The summed E-state index contributed by atoms with van der Waals surface area (Å²) in [7, 11) is 0. The van der Waals surface area contributed by atoms with Crippen LogP contribution in [0.1, 0.15) is 44.0 Å². The number of hydrogen-bond acceptors (Lipinski definition) is 5. The van der Waals surface area contributed by atoms with Crippen molar-refractivity contribution >= 4 is 11.6 Å². The number of aliphatic hydroxyl groups is 1. The van der Waals surface area contributed by atoms with Gasteiger partial charge in [-0.05, 0) is 50.1 Å². The van der Waals surface area contributed by atoms with Crippen molar-refractivity contribution < 1.29 is 14.3 Å². The van der Waals surface area contributed by atoms with Crippen LogP contribution in [0.2, 0.25) is 0 Å². The molecular weight excluding hydrogens is 318 g/mol. The van der Waals surface area contributed by atoms with Crippen LogP contribution < -0.4 is 5.32 Å². The van der Waals surface area contributed by atoms with Crippen LogP contribution in [0.15, 0.2) is 47.3 Å². The Labute approximate surface area is 147 Å². The Bertz CT molecular complexity index is 645. The van der Waals surface area contributed by atoms with Gasteiger partial charge in [0.05, 0.1) is 12.8 Å². The van der Waals surface area contributed by atoms with Crippen molar-refractivity contribution in [3.05, 3.63) is 48.7 Å². The Hall–Kier alpha value is -2.18. The molecule has 0 radical (unpaired) electrons. The molecule has 0 bridgehead atoms. The number of rotatable bonds is 6. The van der Waals surface area contributed by atoms with Crippen molar-refractivity contribution in [2.24, 2.45) is 0 Å². The van der Waals surface area contributed by atoms with Gasteiger partial charge >= 0.3 is 0 Å². The number of nitrogens with zero attached hydrogens (tertiary/aromatic N) is 2. The van der Waals surface area contributed by atoms with Gasteiger partial charge in [-0.2, -0.15) is 0 Å². The summed E-state index contributed by atoms with van der Waals surface area (Å²) in [6, 6.07) is 7.30. The quantitative estimate of drug-likeness (QED) is 0.843. The molecule has 0 aliphatic carbocycles. The van der Waals surface area contributed by atoms with E-state index in [0.717, 1.165) is 37.9 Å². The van der Waals surface area contributed by atoms with Crippen LogP contribution in [0.4, 0.5) is 5.69 Å². The van der Waals surface area contributed by atoms with Crippen molar-refractivity contribution in [1.82, 2.24) is 9.88 Å². The summed E-state index contributed by atoms with van der Waals surface area (Å²) in [5.41, 5.74) is 0.752. The average Bonchev–Trinajstić information content (AvgIpc) is 3.07. The first-order chi connectivity index (χ1) is 12.2. The van der Waals surface area contributed by atoms with E-state index in [1.165, 1.54) is 0 Å². The summed E-state index contributed by atoms with van der Waals surface area (Å²) in [5, 5.41) is 13.3. The standard InChI is InChI=1S/C19H25N3O3/c23-17(18-6-4-12-25-18)13-16-5-2-1-3-11-22(16)14-19(24)21-15-7-9-20-10-8-15/h4,6-10,12,16-17,23H,1-3,5,11,13-14H2,(H,20,21,24). The molecule has 1 aliphatic heterocycles. The molecule has 1 aliphatic rings. The Kier molecular flexibility index (Phi) is 6.19. The zero-order valence-corrected chi connectivity index (χ0v) is 14.3. The van der Waals surface area contributed by atoms with E-state index in [4.69, 9.17) is 4.42 Å². The van der Waals surface area contributed by atoms with Crippen LogP contribution >= 0.6 is 0 Å². The van der Waals surface area contributed by atoms with Gasteiger partial charge in [0.1, 0.15) is 11.9 Å². The second-order valence-electron chi connectivity index (χ2n) is 6.52. The molecule has 0 aromatic carbocycles. The van der Waals surface area contributed by atoms with Crippen molar-refractivity contribution in [1.29, 1.82) is 0 Å². The largest absolute Gasteiger partial charge is 0.467 e. The van der Waals surface area contributed by atoms with Gasteiger partial charge in [0.25, 0.3) is 0 Å². The Morgan fingerprint density at radius 3 is 2.92 bits per heavy atom. The van der Waals surface area contributed by atoms with Gasteiger partial charge in [0.15, 0.2) is 0 Å². The summed E-state index contributed by atoms with van der Waals surface area (Å²) in [4.78, 5) is 18.5. The number of amides is 1. The smallest absolute Gasteiger partial charge is 0.238 e. The minimum Gasteiger partial charge on any atom is -0.467 e. The normalized spacial score (nSPS) is 20.0. The highest BCUT2D eigenvalue weighted by Gasteiger charge is 2.26. The number of nitrogens with one attached hydrogen (secondary N) is 1. The van der Waals surface area contributed by atoms with Crippen LogP contribution in [-0.2, 0) is 4.79 Å². The van der Waals surface area contributed by atoms with Gasteiger partial charge in [-0.15, -0.1) is 0 Å². The molecule has 2 N–H and O–H groups in total. The second kappa shape index (κ2) is 8.78. The van der Waals surface area contributed by atoms with E-state index in [1.807, 2.05) is 0 Å². The zero-order valence-electron chi connectivity index (χ0n) is 14.3. The lowest BCUT2D eigenvalue weighted by Crippen LogP contribution is -2.41. The number of carbonyl (C=O) groups excluding carboxylic acids is 1. The minimum absolute atomic E-state index is 0.0365. The molecule has 2 aromatic heterocycles. The van der Waals surface area contributed by atoms with Crippen molar-refractivity contribution in [2.45, 2.75) is 44.2 Å². The molecule has 2 unspecified atom stereocenters. The molecule has 1 amide bonds. The molecule has 1 saturated heterocycles. The summed E-state index contributed by atoms with van der Waals surface area (Å²) in [6.45, 7) is 1.21. The molecule has 6 nitrogen and oxygen atoms in total. The number of pyridine rings is 1. The number of hydrogen-bond donors (Lipinski definition) is 2. The number of aromatic nitrogens is 1. The van der Waals surface area contributed by atoms with E-state index in [9.17, 15) is 9.90 Å². The lowest BCUT2D eigenvalue weighted by molar-refractivity contribution is -0.118. The highest BCUT2D eigenvalue weighted by molar-refractivity contribution is 5.92. The molecule has 2 atom stereocenters. The summed E-state index contributed by atoms with van der Waals surface area (Å²) < 4.78 is 5.31. The van der Waals surface area contributed by atoms with Crippen LogP contribution in [0.25, 0.3) is 0 Å². The summed E-state index contributed by atoms with van der Waals surface area (Å²) >= 11 is 0. The lowest BCUT2D eigenvalue weighted by atomic mass is 10.0. The van der Waals surface area contributed by atoms with E-state index < -0.39 is 6.10 Å². The molecule has 0 saturated carbocycles. The first-order valence-corrected chi connectivity index (χ1v) is 8.88. The molecule has 6 heteroatoms. The third-order valence-corrected chi connectivity index (χ3v) is 4.68. The molecule has 25 heavy (non-hydrogen) atoms. The number of aliphatic hydroxyl groups excluding tert-OH is 1. The van der Waals surface area contributed by atoms with Gasteiger partial charge in [-0.1, -0.05) is 12.8 Å². The number of likely N-dealkylation sites (tertiary alicyclic amines) is 1. The predicted octanol–water partition coefficient (Wildman–Crippen LogP) is 2.98. The van der Waals surface area contributed by atoms with Crippen molar-refractivity contribution in [2.75, 3.05) is 18.4 Å². The van der Waals surface area contributed by atoms with Crippen LogP contribution in [-0.4, -0.2) is 40.0 Å². The maximum Gasteiger partial charge on any atom is 0.238 e. The highest BCUT2D eigenvalue weighted by atomic mass is 16.4. The first kappa shape index (κ1) is 17.6. The first-order valence-electron chi connectivity index (χ1n) is 8.88. The van der Waals surface area contributed by atoms with Gasteiger partial charge in [-0.25, -0.2) is 0 Å². The maximum atomic E-state index is 12.4. The van der Waals surface area contributed by atoms with Crippen molar-refractivity contribution in [3.8, 4) is 0 Å². The van der Waals surface area contributed by atoms with E-state index in [1.54, 1.807) is 42.9 Å². The molecule has 134 valence electrons. The third-order valence-electron chi connectivity index (χ3n) is 4.68. The number of carbonyl (C=O) groups is 1. The van der Waals surface area contributed by atoms with Crippen LogP contribution in [0.5, 0.6) is 0 Å². The monoisotopic (exact) mass is 343 g/mol. The maximum absolute atomic E-state index is 12.4. The Balaban J connectivity index is 1.60. The fraction of sp³-hybridized carbons (Fsp3) is 0.474. The summed E-state index contributed by atoms with van der Waals surface area (Å²) in [5.74, 6) is 0.552. The van der Waals surface area contributed by atoms with Crippen LogP contribution in [0.3, 0.4) is 0 Å².